The van der Waals surface area contributed by atoms with Crippen molar-refractivity contribution >= 4 is 5.71 Å². The summed E-state index contributed by atoms with van der Waals surface area (Å²) in [6.07, 6.45) is 7.23. The van der Waals surface area contributed by atoms with Crippen molar-refractivity contribution in [1.29, 1.82) is 0 Å². The Labute approximate surface area is 91.2 Å². The fourth-order valence-electron chi connectivity index (χ4n) is 2.00. The van der Waals surface area contributed by atoms with Crippen LogP contribution < -0.4 is 0 Å². The molecule has 0 radical (unpaired) electrons. The largest absolute Gasteiger partial charge is 0.380 e. The van der Waals surface area contributed by atoms with E-state index in [4.69, 9.17) is 9.57 Å². The minimum Gasteiger partial charge on any atom is -0.380 e. The third-order valence-corrected chi connectivity index (χ3v) is 2.90. The molecule has 0 spiro atoms. The highest BCUT2D eigenvalue weighted by Gasteiger charge is 2.11. The number of hydrogen-bond acceptors (Lipinski definition) is 4. The molecule has 15 heavy (non-hydrogen) atoms. The third-order valence-electron chi connectivity index (χ3n) is 2.90. The van der Waals surface area contributed by atoms with Gasteiger partial charge in [-0.25, -0.2) is 4.90 Å². The molecule has 4 heteroatoms. The molecule has 1 saturated carbocycles. The number of nitrogens with zero attached hydrogens (tertiary/aromatic N) is 2. The van der Waals surface area contributed by atoms with E-state index in [1.165, 1.54) is 25.0 Å². The van der Waals surface area contributed by atoms with Gasteiger partial charge < -0.3 is 9.57 Å². The van der Waals surface area contributed by atoms with Gasteiger partial charge in [-0.2, -0.15) is 0 Å². The second kappa shape index (κ2) is 6.08. The number of ether oxygens (including phenoxy) is 1. The fourth-order valence-corrected chi connectivity index (χ4v) is 2.00. The van der Waals surface area contributed by atoms with Crippen molar-refractivity contribution in [2.24, 2.45) is 5.16 Å². The second-order valence-electron chi connectivity index (χ2n) is 4.26. The van der Waals surface area contributed by atoms with Gasteiger partial charge in [-0.15, -0.1) is 0 Å². The molecule has 1 saturated heterocycles. The summed E-state index contributed by atoms with van der Waals surface area (Å²) in [7, 11) is 0. The summed E-state index contributed by atoms with van der Waals surface area (Å²) < 4.78 is 5.32. The molecular formula is C11H20N2O2. The minimum atomic E-state index is 0.573. The first kappa shape index (κ1) is 10.9. The van der Waals surface area contributed by atoms with Gasteiger partial charge in [0.2, 0.25) is 0 Å². The molecule has 0 aromatic carbocycles. The van der Waals surface area contributed by atoms with Crippen LogP contribution in [0.3, 0.4) is 0 Å². The first-order chi connectivity index (χ1) is 7.45. The summed E-state index contributed by atoms with van der Waals surface area (Å²) in [5.41, 5.74) is 1.24. The molecule has 2 fully saturated rings. The smallest absolute Gasteiger partial charge is 0.172 e. The van der Waals surface area contributed by atoms with Crippen molar-refractivity contribution in [3.8, 4) is 0 Å². The Morgan fingerprint density at radius 1 is 1.20 bits per heavy atom. The maximum absolute atomic E-state index is 5.35. The van der Waals surface area contributed by atoms with Crippen molar-refractivity contribution in [3.05, 3.63) is 0 Å². The summed E-state index contributed by atoms with van der Waals surface area (Å²) in [5, 5.41) is 4.20. The van der Waals surface area contributed by atoms with Gasteiger partial charge in [0.05, 0.1) is 5.71 Å². The van der Waals surface area contributed by atoms with Crippen molar-refractivity contribution < 1.29 is 9.57 Å². The molecule has 0 N–H and O–H groups in total. The Hall–Kier alpha value is -0.610. The Balaban J connectivity index is 1.64. The Morgan fingerprint density at radius 3 is 2.80 bits per heavy atom. The fraction of sp³-hybridized carbons (Fsp3) is 0.909. The predicted molar refractivity (Wildman–Crippen MR) is 58.6 cm³/mol. The molecule has 86 valence electrons. The van der Waals surface area contributed by atoms with Gasteiger partial charge in [0.1, 0.15) is 6.73 Å². The molecule has 0 atom stereocenters. The van der Waals surface area contributed by atoms with Crippen LogP contribution in [-0.2, 0) is 9.57 Å². The lowest BCUT2D eigenvalue weighted by atomic mass is 9.99. The monoisotopic (exact) mass is 212 g/mol. The topological polar surface area (TPSA) is 34.1 Å². The standard InChI is InChI=1S/C11H20N2O2/c1-2-5-11(6-3-1)12-15-10-13-7-4-8-14-9-13/h1-10H2. The zero-order valence-corrected chi connectivity index (χ0v) is 9.28. The summed E-state index contributed by atoms with van der Waals surface area (Å²) in [6.45, 7) is 3.20. The SMILES string of the molecule is C1CCC(=NOCN2CCCOC2)CC1. The zero-order chi connectivity index (χ0) is 10.3. The molecule has 2 rings (SSSR count). The zero-order valence-electron chi connectivity index (χ0n) is 9.28. The molecule has 2 aliphatic rings. The molecule has 0 bridgehead atoms. The maximum atomic E-state index is 5.35. The summed E-state index contributed by atoms with van der Waals surface area (Å²) in [5.74, 6) is 0. The van der Waals surface area contributed by atoms with Crippen molar-refractivity contribution in [3.63, 3.8) is 0 Å². The average molecular weight is 212 g/mol. The Bertz CT molecular complexity index is 205. The Kier molecular flexibility index (Phi) is 4.41. The van der Waals surface area contributed by atoms with Gasteiger partial charge in [0.25, 0.3) is 0 Å². The maximum Gasteiger partial charge on any atom is 0.172 e. The van der Waals surface area contributed by atoms with Gasteiger partial charge >= 0.3 is 0 Å². The molecule has 1 heterocycles. The van der Waals surface area contributed by atoms with Crippen LogP contribution in [-0.4, -0.2) is 37.2 Å². The first-order valence-corrected chi connectivity index (χ1v) is 5.93. The van der Waals surface area contributed by atoms with Crippen molar-refractivity contribution in [2.45, 2.75) is 38.5 Å². The van der Waals surface area contributed by atoms with E-state index in [0.29, 0.717) is 13.5 Å². The van der Waals surface area contributed by atoms with Crippen LogP contribution in [0, 0.1) is 0 Å². The molecule has 0 amide bonds. The lowest BCUT2D eigenvalue weighted by molar-refractivity contribution is -0.0730. The number of rotatable bonds is 3. The average Bonchev–Trinajstić information content (AvgIpc) is 2.32. The molecule has 1 aliphatic heterocycles. The van der Waals surface area contributed by atoms with E-state index >= 15 is 0 Å². The lowest BCUT2D eigenvalue weighted by Gasteiger charge is -2.25. The van der Waals surface area contributed by atoms with Crippen LogP contribution >= 0.6 is 0 Å². The molecule has 1 aliphatic carbocycles. The van der Waals surface area contributed by atoms with E-state index in [2.05, 4.69) is 10.1 Å². The van der Waals surface area contributed by atoms with Crippen molar-refractivity contribution in [2.75, 3.05) is 26.6 Å². The highest BCUT2D eigenvalue weighted by Crippen LogP contribution is 2.14. The first-order valence-electron chi connectivity index (χ1n) is 5.93. The second-order valence-corrected chi connectivity index (χ2v) is 4.26. The van der Waals surface area contributed by atoms with E-state index in [1.807, 2.05) is 0 Å². The van der Waals surface area contributed by atoms with E-state index in [-0.39, 0.29) is 0 Å². The van der Waals surface area contributed by atoms with Crippen LogP contribution in [0.4, 0.5) is 0 Å². The van der Waals surface area contributed by atoms with Gasteiger partial charge in [-0.1, -0.05) is 11.6 Å². The summed E-state index contributed by atoms with van der Waals surface area (Å²) in [6, 6.07) is 0. The van der Waals surface area contributed by atoms with E-state index in [1.54, 1.807) is 0 Å². The number of hydrogen-bond donors (Lipinski definition) is 0. The van der Waals surface area contributed by atoms with E-state index in [9.17, 15) is 0 Å². The van der Waals surface area contributed by atoms with Gasteiger partial charge in [-0.3, -0.25) is 0 Å². The molecular weight excluding hydrogens is 192 g/mol. The highest BCUT2D eigenvalue weighted by atomic mass is 16.6. The van der Waals surface area contributed by atoms with Crippen molar-refractivity contribution in [1.82, 2.24) is 4.90 Å². The Morgan fingerprint density at radius 2 is 2.07 bits per heavy atom. The summed E-state index contributed by atoms with van der Waals surface area (Å²) in [4.78, 5) is 7.48. The molecule has 0 unspecified atom stereocenters. The normalized spacial score (nSPS) is 23.9. The van der Waals surface area contributed by atoms with Gasteiger partial charge in [0, 0.05) is 13.2 Å². The van der Waals surface area contributed by atoms with Gasteiger partial charge in [0.15, 0.2) is 6.73 Å². The van der Waals surface area contributed by atoms with E-state index in [0.717, 1.165) is 32.4 Å². The van der Waals surface area contributed by atoms with Crippen LogP contribution in [0.2, 0.25) is 0 Å². The predicted octanol–water partition coefficient (Wildman–Crippen LogP) is 1.96. The lowest BCUT2D eigenvalue weighted by Crippen LogP contribution is -2.34. The van der Waals surface area contributed by atoms with Crippen LogP contribution in [0.1, 0.15) is 38.5 Å². The van der Waals surface area contributed by atoms with Crippen LogP contribution in [0.15, 0.2) is 5.16 Å². The highest BCUT2D eigenvalue weighted by molar-refractivity contribution is 5.84. The third kappa shape index (κ3) is 3.80. The summed E-state index contributed by atoms with van der Waals surface area (Å²) >= 11 is 0. The van der Waals surface area contributed by atoms with Gasteiger partial charge in [-0.05, 0) is 32.1 Å². The minimum absolute atomic E-state index is 0.573. The number of oxime groups is 1. The van der Waals surface area contributed by atoms with Crippen LogP contribution in [0.5, 0.6) is 0 Å². The quantitative estimate of drug-likeness (QED) is 0.671. The van der Waals surface area contributed by atoms with Crippen LogP contribution in [0.25, 0.3) is 0 Å². The molecule has 0 aromatic heterocycles. The van der Waals surface area contributed by atoms with E-state index < -0.39 is 0 Å². The molecule has 4 nitrogen and oxygen atoms in total. The molecule has 0 aromatic rings.